The number of hydrogen-bond donors (Lipinski definition) is 0. The van der Waals surface area contributed by atoms with Crippen LogP contribution in [-0.2, 0) is 11.2 Å². The average molecular weight is 291 g/mol. The van der Waals surface area contributed by atoms with Gasteiger partial charge in [0.1, 0.15) is 0 Å². The van der Waals surface area contributed by atoms with Gasteiger partial charge in [0.15, 0.2) is 11.6 Å². The van der Waals surface area contributed by atoms with Gasteiger partial charge in [-0.1, -0.05) is 6.07 Å². The Kier molecular flexibility index (Phi) is 4.98. The van der Waals surface area contributed by atoms with Gasteiger partial charge in [-0.25, -0.2) is 13.6 Å². The Morgan fingerprint density at radius 2 is 2.00 bits per heavy atom. The van der Waals surface area contributed by atoms with Crippen LogP contribution in [0.3, 0.4) is 0 Å². The van der Waals surface area contributed by atoms with Crippen LogP contribution in [0.15, 0.2) is 36.4 Å². The maximum absolute atomic E-state index is 13.0. The van der Waals surface area contributed by atoms with Crippen molar-refractivity contribution in [1.29, 1.82) is 0 Å². The minimum atomic E-state index is -1.06. The summed E-state index contributed by atoms with van der Waals surface area (Å²) in [6.07, 6.45) is 1.30. The lowest BCUT2D eigenvalue weighted by molar-refractivity contribution is 0.0499. The summed E-state index contributed by atoms with van der Waals surface area (Å²) in [4.78, 5) is 16.0. The van der Waals surface area contributed by atoms with Crippen molar-refractivity contribution in [2.75, 3.05) is 6.61 Å². The highest BCUT2D eigenvalue weighted by Crippen LogP contribution is 2.10. The molecule has 0 atom stereocenters. The second-order valence-corrected chi connectivity index (χ2v) is 4.64. The lowest BCUT2D eigenvalue weighted by atomic mass is 10.2. The molecule has 1 aromatic carbocycles. The number of hydrogen-bond acceptors (Lipinski definition) is 3. The van der Waals surface area contributed by atoms with E-state index in [-0.39, 0.29) is 12.2 Å². The maximum atomic E-state index is 13.0. The first kappa shape index (κ1) is 15.1. The predicted octanol–water partition coefficient (Wildman–Crippen LogP) is 3.46. The van der Waals surface area contributed by atoms with E-state index in [0.29, 0.717) is 12.8 Å². The summed E-state index contributed by atoms with van der Waals surface area (Å²) < 4.78 is 30.8. The lowest BCUT2D eigenvalue weighted by Crippen LogP contribution is -2.08. The number of carbonyl (C=O) groups is 1. The van der Waals surface area contributed by atoms with E-state index >= 15 is 0 Å². The summed E-state index contributed by atoms with van der Waals surface area (Å²) in [6.45, 7) is 2.11. The van der Waals surface area contributed by atoms with Gasteiger partial charge in [0.25, 0.3) is 0 Å². The van der Waals surface area contributed by atoms with Crippen LogP contribution in [0, 0.1) is 18.6 Å². The van der Waals surface area contributed by atoms with Crippen molar-refractivity contribution >= 4 is 5.97 Å². The molecule has 0 unspecified atom stereocenters. The Hall–Kier alpha value is -2.30. The number of carbonyl (C=O) groups excluding carboxylic acids is 1. The molecule has 0 aliphatic heterocycles. The summed E-state index contributed by atoms with van der Waals surface area (Å²) in [5, 5.41) is 0. The topological polar surface area (TPSA) is 39.2 Å². The van der Waals surface area contributed by atoms with Crippen molar-refractivity contribution < 1.29 is 18.3 Å². The van der Waals surface area contributed by atoms with Crippen LogP contribution in [0.5, 0.6) is 0 Å². The molecule has 1 heterocycles. The molecular weight excluding hydrogens is 276 g/mol. The van der Waals surface area contributed by atoms with E-state index in [4.69, 9.17) is 4.74 Å². The molecule has 0 aliphatic carbocycles. The van der Waals surface area contributed by atoms with Crippen LogP contribution in [0.25, 0.3) is 0 Å². The maximum Gasteiger partial charge on any atom is 0.338 e. The third kappa shape index (κ3) is 4.34. The molecule has 1 aromatic heterocycles. The average Bonchev–Trinajstić information content (AvgIpc) is 2.46. The molecule has 3 nitrogen and oxygen atoms in total. The summed E-state index contributed by atoms with van der Waals surface area (Å²) in [7, 11) is 0. The molecule has 0 N–H and O–H groups in total. The molecule has 110 valence electrons. The molecule has 0 amide bonds. The number of aryl methyl sites for hydroxylation is 2. The Balaban J connectivity index is 1.80. The van der Waals surface area contributed by atoms with Gasteiger partial charge in [0.05, 0.1) is 12.2 Å². The Bertz CT molecular complexity index is 644. The second-order valence-electron chi connectivity index (χ2n) is 4.64. The van der Waals surface area contributed by atoms with Crippen LogP contribution >= 0.6 is 0 Å². The fourth-order valence-corrected chi connectivity index (χ4v) is 1.86. The van der Waals surface area contributed by atoms with Gasteiger partial charge in [-0.3, -0.25) is 4.98 Å². The van der Waals surface area contributed by atoms with Gasteiger partial charge in [-0.05, 0) is 50.1 Å². The molecule has 2 aromatic rings. The van der Waals surface area contributed by atoms with E-state index in [9.17, 15) is 13.6 Å². The Morgan fingerprint density at radius 3 is 2.71 bits per heavy atom. The molecule has 0 saturated heterocycles. The van der Waals surface area contributed by atoms with Crippen molar-refractivity contribution in [2.24, 2.45) is 0 Å². The largest absolute Gasteiger partial charge is 0.462 e. The molecule has 0 radical (unpaired) electrons. The predicted molar refractivity (Wildman–Crippen MR) is 73.9 cm³/mol. The number of pyridine rings is 1. The zero-order chi connectivity index (χ0) is 15.2. The van der Waals surface area contributed by atoms with Gasteiger partial charge in [0.2, 0.25) is 0 Å². The van der Waals surface area contributed by atoms with Gasteiger partial charge in [0, 0.05) is 11.4 Å². The van der Waals surface area contributed by atoms with Gasteiger partial charge >= 0.3 is 5.97 Å². The fourth-order valence-electron chi connectivity index (χ4n) is 1.86. The van der Waals surface area contributed by atoms with Gasteiger partial charge < -0.3 is 4.74 Å². The molecule has 5 heteroatoms. The van der Waals surface area contributed by atoms with E-state index < -0.39 is 17.6 Å². The number of esters is 1. The monoisotopic (exact) mass is 291 g/mol. The van der Waals surface area contributed by atoms with Crippen molar-refractivity contribution in [3.63, 3.8) is 0 Å². The van der Waals surface area contributed by atoms with Crippen LogP contribution < -0.4 is 0 Å². The fraction of sp³-hybridized carbons (Fsp3) is 0.250. The Morgan fingerprint density at radius 1 is 1.19 bits per heavy atom. The smallest absolute Gasteiger partial charge is 0.338 e. The van der Waals surface area contributed by atoms with Gasteiger partial charge in [-0.15, -0.1) is 0 Å². The number of benzene rings is 1. The first-order valence-electron chi connectivity index (χ1n) is 6.61. The van der Waals surface area contributed by atoms with E-state index in [1.807, 2.05) is 25.1 Å². The highest BCUT2D eigenvalue weighted by molar-refractivity contribution is 5.89. The van der Waals surface area contributed by atoms with Crippen molar-refractivity contribution in [3.05, 3.63) is 65.0 Å². The molecule has 0 bridgehead atoms. The van der Waals surface area contributed by atoms with Crippen molar-refractivity contribution in [3.8, 4) is 0 Å². The summed E-state index contributed by atoms with van der Waals surface area (Å²) in [6, 6.07) is 8.67. The lowest BCUT2D eigenvalue weighted by Gasteiger charge is -2.05. The van der Waals surface area contributed by atoms with Crippen molar-refractivity contribution in [2.45, 2.75) is 19.8 Å². The molecule has 21 heavy (non-hydrogen) atoms. The number of aromatic nitrogens is 1. The third-order valence-corrected chi connectivity index (χ3v) is 2.91. The highest BCUT2D eigenvalue weighted by atomic mass is 19.2. The number of rotatable bonds is 5. The number of nitrogens with zero attached hydrogens (tertiary/aromatic N) is 1. The minimum Gasteiger partial charge on any atom is -0.462 e. The summed E-state index contributed by atoms with van der Waals surface area (Å²) in [5.74, 6) is -2.71. The third-order valence-electron chi connectivity index (χ3n) is 2.91. The standard InChI is InChI=1S/C16H15F2NO2/c1-11-4-2-5-13(19-11)6-3-9-21-16(20)12-7-8-14(17)15(18)10-12/h2,4-5,7-8,10H,3,6,9H2,1H3. The first-order chi connectivity index (χ1) is 10.1. The SMILES string of the molecule is Cc1cccc(CCCOC(=O)c2ccc(F)c(F)c2)n1. The molecule has 0 fully saturated rings. The molecular formula is C16H15F2NO2. The first-order valence-corrected chi connectivity index (χ1v) is 6.61. The van der Waals surface area contributed by atoms with Crippen LogP contribution in [0.2, 0.25) is 0 Å². The summed E-state index contributed by atoms with van der Waals surface area (Å²) >= 11 is 0. The van der Waals surface area contributed by atoms with Crippen molar-refractivity contribution in [1.82, 2.24) is 4.98 Å². The van der Waals surface area contributed by atoms with E-state index in [0.717, 1.165) is 23.5 Å². The highest BCUT2D eigenvalue weighted by Gasteiger charge is 2.10. The normalized spacial score (nSPS) is 10.4. The van der Waals surface area contributed by atoms with Crippen LogP contribution in [0.4, 0.5) is 8.78 Å². The quantitative estimate of drug-likeness (QED) is 0.625. The van der Waals surface area contributed by atoms with Crippen LogP contribution in [-0.4, -0.2) is 17.6 Å². The minimum absolute atomic E-state index is 0.00239. The number of ether oxygens (including phenoxy) is 1. The number of halogens is 2. The van der Waals surface area contributed by atoms with Gasteiger partial charge in [-0.2, -0.15) is 0 Å². The molecule has 2 rings (SSSR count). The Labute approximate surface area is 121 Å². The van der Waals surface area contributed by atoms with E-state index in [2.05, 4.69) is 4.98 Å². The zero-order valence-corrected chi connectivity index (χ0v) is 11.6. The van der Waals surface area contributed by atoms with E-state index in [1.54, 1.807) is 0 Å². The summed E-state index contributed by atoms with van der Waals surface area (Å²) in [5.41, 5.74) is 1.87. The second kappa shape index (κ2) is 6.92. The molecule has 0 spiro atoms. The van der Waals surface area contributed by atoms with Crippen LogP contribution in [0.1, 0.15) is 28.2 Å². The molecule has 0 aliphatic rings. The zero-order valence-electron chi connectivity index (χ0n) is 11.6. The van der Waals surface area contributed by atoms with E-state index in [1.165, 1.54) is 6.07 Å². The molecule has 0 saturated carbocycles.